The van der Waals surface area contributed by atoms with E-state index >= 15 is 0 Å². The molecule has 0 saturated heterocycles. The van der Waals surface area contributed by atoms with Gasteiger partial charge in [0.2, 0.25) is 5.88 Å². The second kappa shape index (κ2) is 6.51. The molecule has 1 atom stereocenters. The molecule has 0 amide bonds. The number of hydrogen-bond acceptors (Lipinski definition) is 5. The number of benzene rings is 1. The maximum absolute atomic E-state index is 12.4. The number of para-hydroxylation sites is 1. The molecule has 7 heteroatoms. The maximum atomic E-state index is 12.4. The molecule has 0 aliphatic carbocycles. The number of fused-ring (bicyclic) bond motifs is 1. The van der Waals surface area contributed by atoms with Crippen molar-refractivity contribution in [2.45, 2.75) is 26.8 Å². The number of pyridine rings is 1. The summed E-state index contributed by atoms with van der Waals surface area (Å²) in [5.74, 6) is -1.34. The van der Waals surface area contributed by atoms with Crippen molar-refractivity contribution >= 4 is 17.3 Å². The van der Waals surface area contributed by atoms with Crippen LogP contribution in [0.2, 0.25) is 0 Å². The van der Waals surface area contributed by atoms with Crippen molar-refractivity contribution in [2.24, 2.45) is 0 Å². The molecule has 0 bridgehead atoms. The molecule has 7 nitrogen and oxygen atoms in total. The Morgan fingerprint density at radius 1 is 1.27 bits per heavy atom. The number of nitrogens with zero attached hydrogens (tertiary/aromatic N) is 2. The third-order valence-corrected chi connectivity index (χ3v) is 4.29. The van der Waals surface area contributed by atoms with Crippen LogP contribution in [0.25, 0.3) is 5.65 Å². The third kappa shape index (κ3) is 2.99. The molecule has 0 radical (unpaired) electrons. The fourth-order valence-corrected chi connectivity index (χ4v) is 2.91. The van der Waals surface area contributed by atoms with Crippen LogP contribution in [-0.2, 0) is 0 Å². The predicted octanol–water partition coefficient (Wildman–Crippen LogP) is 2.89. The minimum absolute atomic E-state index is 0.153. The summed E-state index contributed by atoms with van der Waals surface area (Å²) in [6.07, 6.45) is 1.67. The second-order valence-electron chi connectivity index (χ2n) is 6.25. The molecule has 3 rings (SSSR count). The number of rotatable bonds is 4. The Labute approximate surface area is 149 Å². The van der Waals surface area contributed by atoms with Crippen LogP contribution in [0.5, 0.6) is 5.88 Å². The minimum Gasteiger partial charge on any atom is -0.493 e. The largest absolute Gasteiger partial charge is 0.493 e. The summed E-state index contributed by atoms with van der Waals surface area (Å²) in [5, 5.41) is 22.5. The number of aromatic hydroxyl groups is 1. The molecular formula is C19H19N3O4. The summed E-state index contributed by atoms with van der Waals surface area (Å²) < 4.78 is 1.40. The Kier molecular flexibility index (Phi) is 4.38. The monoisotopic (exact) mass is 353 g/mol. The van der Waals surface area contributed by atoms with Gasteiger partial charge in [-0.15, -0.1) is 0 Å². The van der Waals surface area contributed by atoms with Crippen LogP contribution in [0.15, 0.2) is 41.3 Å². The highest BCUT2D eigenvalue weighted by molar-refractivity contribution is 5.94. The highest BCUT2D eigenvalue weighted by Crippen LogP contribution is 2.26. The number of carboxylic acids is 1. The topological polar surface area (TPSA) is 104 Å². The molecule has 2 heterocycles. The first kappa shape index (κ1) is 17.5. The van der Waals surface area contributed by atoms with Gasteiger partial charge in [0.25, 0.3) is 5.56 Å². The van der Waals surface area contributed by atoms with Crippen LogP contribution in [0, 0.1) is 13.8 Å². The van der Waals surface area contributed by atoms with Crippen molar-refractivity contribution in [1.29, 1.82) is 0 Å². The third-order valence-electron chi connectivity index (χ3n) is 4.29. The summed E-state index contributed by atoms with van der Waals surface area (Å²) in [4.78, 5) is 28.0. The van der Waals surface area contributed by atoms with Gasteiger partial charge in [0.1, 0.15) is 5.65 Å². The normalized spacial score (nSPS) is 12.1. The first-order chi connectivity index (χ1) is 12.3. The minimum atomic E-state index is -1.03. The van der Waals surface area contributed by atoms with E-state index in [4.69, 9.17) is 0 Å². The first-order valence-electron chi connectivity index (χ1n) is 8.11. The van der Waals surface area contributed by atoms with Crippen molar-refractivity contribution in [2.75, 3.05) is 5.32 Å². The van der Waals surface area contributed by atoms with Crippen molar-refractivity contribution in [3.8, 4) is 5.88 Å². The Balaban J connectivity index is 2.14. The van der Waals surface area contributed by atoms with Gasteiger partial charge in [-0.3, -0.25) is 9.20 Å². The van der Waals surface area contributed by atoms with Gasteiger partial charge in [-0.2, -0.15) is 4.98 Å². The molecular weight excluding hydrogens is 334 g/mol. The van der Waals surface area contributed by atoms with Gasteiger partial charge in [-0.25, -0.2) is 4.79 Å². The lowest BCUT2D eigenvalue weighted by Crippen LogP contribution is -2.21. The second-order valence-corrected chi connectivity index (χ2v) is 6.25. The van der Waals surface area contributed by atoms with Crippen molar-refractivity contribution in [3.05, 3.63) is 69.1 Å². The number of aryl methyl sites for hydroxylation is 1. The fourth-order valence-electron chi connectivity index (χ4n) is 2.91. The maximum Gasteiger partial charge on any atom is 0.337 e. The summed E-state index contributed by atoms with van der Waals surface area (Å²) in [6.45, 7) is 5.22. The standard InChI is InChI=1S/C19H19N3O4/c1-10-8-14(16-21-17(23)11(2)18(24)22(16)9-10)12(3)20-15-7-5-4-6-13(15)19(25)26/h4-9,12,20,23H,1-3H3,(H,25,26)/t12-/m1/s1. The number of anilines is 1. The van der Waals surface area contributed by atoms with Gasteiger partial charge in [-0.1, -0.05) is 12.1 Å². The number of carbonyl (C=O) groups is 1. The summed E-state index contributed by atoms with van der Waals surface area (Å²) in [5.41, 5.74) is 2.31. The van der Waals surface area contributed by atoms with Crippen LogP contribution in [-0.4, -0.2) is 25.6 Å². The Morgan fingerprint density at radius 2 is 1.96 bits per heavy atom. The van der Waals surface area contributed by atoms with Crippen LogP contribution >= 0.6 is 0 Å². The molecule has 0 fully saturated rings. The lowest BCUT2D eigenvalue weighted by atomic mass is 10.1. The summed E-state index contributed by atoms with van der Waals surface area (Å²) in [6, 6.07) is 8.11. The van der Waals surface area contributed by atoms with Crippen molar-refractivity contribution in [3.63, 3.8) is 0 Å². The molecule has 134 valence electrons. The fraction of sp³-hybridized carbons (Fsp3) is 0.211. The molecule has 0 aliphatic heterocycles. The molecule has 0 saturated carbocycles. The van der Waals surface area contributed by atoms with E-state index in [-0.39, 0.29) is 28.6 Å². The molecule has 2 aromatic heterocycles. The summed E-state index contributed by atoms with van der Waals surface area (Å²) >= 11 is 0. The summed E-state index contributed by atoms with van der Waals surface area (Å²) in [7, 11) is 0. The number of aromatic nitrogens is 2. The van der Waals surface area contributed by atoms with Gasteiger partial charge in [0, 0.05) is 17.4 Å². The van der Waals surface area contributed by atoms with Gasteiger partial charge in [0.15, 0.2) is 0 Å². The quantitative estimate of drug-likeness (QED) is 0.666. The Morgan fingerprint density at radius 3 is 2.65 bits per heavy atom. The molecule has 0 spiro atoms. The van der Waals surface area contributed by atoms with Crippen LogP contribution < -0.4 is 10.9 Å². The van der Waals surface area contributed by atoms with E-state index in [2.05, 4.69) is 10.3 Å². The van der Waals surface area contributed by atoms with Gasteiger partial charge >= 0.3 is 5.97 Å². The molecule has 0 unspecified atom stereocenters. The Hall–Kier alpha value is -3.35. The van der Waals surface area contributed by atoms with Gasteiger partial charge < -0.3 is 15.5 Å². The van der Waals surface area contributed by atoms with Gasteiger partial charge in [0.05, 0.1) is 17.2 Å². The average molecular weight is 353 g/mol. The van der Waals surface area contributed by atoms with E-state index in [1.807, 2.05) is 19.9 Å². The number of hydrogen-bond donors (Lipinski definition) is 3. The average Bonchev–Trinajstić information content (AvgIpc) is 2.60. The molecule has 1 aromatic carbocycles. The first-order valence-corrected chi connectivity index (χ1v) is 8.11. The van der Waals surface area contributed by atoms with Crippen molar-refractivity contribution in [1.82, 2.24) is 9.38 Å². The number of nitrogens with one attached hydrogen (secondary N) is 1. The molecule has 0 aliphatic rings. The highest BCUT2D eigenvalue weighted by atomic mass is 16.4. The molecule has 26 heavy (non-hydrogen) atoms. The SMILES string of the molecule is Cc1cc([C@@H](C)Nc2ccccc2C(=O)O)c2nc(O)c(C)c(=O)n2c1. The lowest BCUT2D eigenvalue weighted by Gasteiger charge is -2.19. The van der Waals surface area contributed by atoms with E-state index in [9.17, 15) is 19.8 Å². The lowest BCUT2D eigenvalue weighted by molar-refractivity contribution is 0.0698. The zero-order valence-corrected chi connectivity index (χ0v) is 14.6. The van der Waals surface area contributed by atoms with Crippen LogP contribution in [0.1, 0.15) is 40.0 Å². The number of aromatic carboxylic acids is 1. The highest BCUT2D eigenvalue weighted by Gasteiger charge is 2.18. The molecule has 3 N–H and O–H groups in total. The van der Waals surface area contributed by atoms with Crippen LogP contribution in [0.4, 0.5) is 5.69 Å². The van der Waals surface area contributed by atoms with E-state index in [0.29, 0.717) is 16.9 Å². The zero-order chi connectivity index (χ0) is 19.0. The van der Waals surface area contributed by atoms with Crippen molar-refractivity contribution < 1.29 is 15.0 Å². The van der Waals surface area contributed by atoms with E-state index in [0.717, 1.165) is 5.56 Å². The smallest absolute Gasteiger partial charge is 0.337 e. The van der Waals surface area contributed by atoms with E-state index in [1.54, 1.807) is 24.4 Å². The molecule has 3 aromatic rings. The van der Waals surface area contributed by atoms with E-state index < -0.39 is 5.97 Å². The zero-order valence-electron chi connectivity index (χ0n) is 14.6. The van der Waals surface area contributed by atoms with Gasteiger partial charge in [-0.05, 0) is 44.5 Å². The van der Waals surface area contributed by atoms with E-state index in [1.165, 1.54) is 17.4 Å². The predicted molar refractivity (Wildman–Crippen MR) is 98.0 cm³/mol. The number of carboxylic acid groups (broad SMARTS) is 1. The Bertz CT molecular complexity index is 1070. The van der Waals surface area contributed by atoms with Crippen LogP contribution in [0.3, 0.4) is 0 Å².